The van der Waals surface area contributed by atoms with E-state index in [0.717, 1.165) is 34.6 Å². The molecule has 1 unspecified atom stereocenters. The number of halogens is 7. The van der Waals surface area contributed by atoms with Crippen LogP contribution in [0.15, 0.2) is 78.9 Å². The molecule has 206 valence electrons. The van der Waals surface area contributed by atoms with Crippen molar-refractivity contribution in [1.29, 1.82) is 0 Å². The van der Waals surface area contributed by atoms with Crippen LogP contribution in [0.4, 0.5) is 37.7 Å². The molecule has 1 aliphatic rings. The molecule has 1 atom stereocenters. The number of benzene rings is 3. The van der Waals surface area contributed by atoms with Gasteiger partial charge in [-0.3, -0.25) is 0 Å². The average Bonchev–Trinajstić information content (AvgIpc) is 2.87. The number of anilines is 2. The summed E-state index contributed by atoms with van der Waals surface area (Å²) >= 11 is -2.24. The molecule has 10 heteroatoms. The number of hydrogen-bond acceptors (Lipinski definition) is 2. The van der Waals surface area contributed by atoms with Gasteiger partial charge < -0.3 is 0 Å². The van der Waals surface area contributed by atoms with E-state index in [1.54, 1.807) is 12.2 Å². The van der Waals surface area contributed by atoms with Gasteiger partial charge in [0.1, 0.15) is 0 Å². The molecule has 0 N–H and O–H groups in total. The summed E-state index contributed by atoms with van der Waals surface area (Å²) in [4.78, 5) is 3.84. The predicted molar refractivity (Wildman–Crippen MR) is 150 cm³/mol. The van der Waals surface area contributed by atoms with E-state index in [0.29, 0.717) is 8.89 Å². The average molecular weight is 630 g/mol. The van der Waals surface area contributed by atoms with Gasteiger partial charge in [-0.25, -0.2) is 0 Å². The van der Waals surface area contributed by atoms with Crippen molar-refractivity contribution >= 4 is 48.5 Å². The summed E-state index contributed by atoms with van der Waals surface area (Å²) in [5, 5.41) is 0. The van der Waals surface area contributed by atoms with E-state index in [2.05, 4.69) is 0 Å². The SMILES string of the molecule is CN(C)c1ccc(C2=CC(c3cc(C(F)(F)F)cc(C(F)(F)F)c3)=CC(c3ccc(N(C)C)cc3)=[Se]2Cl)cc1. The zero-order valence-corrected chi connectivity index (χ0v) is 23.9. The molecule has 4 rings (SSSR count). The number of allylic oxidation sites excluding steroid dienone is 3. The van der Waals surface area contributed by atoms with E-state index in [9.17, 15) is 26.3 Å². The summed E-state index contributed by atoms with van der Waals surface area (Å²) in [6.07, 6.45) is -6.65. The van der Waals surface area contributed by atoms with Crippen LogP contribution in [0.1, 0.15) is 27.8 Å². The zero-order chi connectivity index (χ0) is 28.7. The summed E-state index contributed by atoms with van der Waals surface area (Å²) in [5.74, 6) is 0. The van der Waals surface area contributed by atoms with Crippen molar-refractivity contribution in [2.45, 2.75) is 12.4 Å². The van der Waals surface area contributed by atoms with Crippen molar-refractivity contribution in [2.24, 2.45) is 0 Å². The van der Waals surface area contributed by atoms with Crippen LogP contribution in [-0.4, -0.2) is 45.2 Å². The van der Waals surface area contributed by atoms with E-state index in [-0.39, 0.29) is 17.2 Å². The van der Waals surface area contributed by atoms with Gasteiger partial charge in [0, 0.05) is 0 Å². The Morgan fingerprint density at radius 2 is 1.03 bits per heavy atom. The Labute approximate surface area is 231 Å². The molecule has 0 spiro atoms. The number of nitrogens with zero attached hydrogens (tertiary/aromatic N) is 2. The number of alkyl halides is 6. The van der Waals surface area contributed by atoms with E-state index in [1.165, 1.54) is 0 Å². The first kappa shape index (κ1) is 29.0. The minimum absolute atomic E-state index is 0.139. The van der Waals surface area contributed by atoms with Crippen molar-refractivity contribution in [3.8, 4) is 0 Å². The third-order valence-corrected chi connectivity index (χ3v) is 11.0. The fourth-order valence-corrected chi connectivity index (χ4v) is 8.35. The molecule has 1 aliphatic heterocycles. The third-order valence-electron chi connectivity index (χ3n) is 6.22. The van der Waals surface area contributed by atoms with E-state index in [4.69, 9.17) is 10.1 Å². The molecule has 0 saturated heterocycles. The van der Waals surface area contributed by atoms with Crippen LogP contribution in [0.25, 0.3) is 10.0 Å². The maximum absolute atomic E-state index is 13.6. The number of rotatable bonds is 5. The Morgan fingerprint density at radius 3 is 1.44 bits per heavy atom. The summed E-state index contributed by atoms with van der Waals surface area (Å²) in [5.41, 5.74) is 0.719. The molecule has 39 heavy (non-hydrogen) atoms. The van der Waals surface area contributed by atoms with Crippen molar-refractivity contribution < 1.29 is 26.3 Å². The molecule has 0 radical (unpaired) electrons. The van der Waals surface area contributed by atoms with Gasteiger partial charge in [0.2, 0.25) is 0 Å². The van der Waals surface area contributed by atoms with Crippen LogP contribution in [0.2, 0.25) is 0 Å². The van der Waals surface area contributed by atoms with Crippen LogP contribution < -0.4 is 9.80 Å². The molecule has 0 saturated carbocycles. The predicted octanol–water partition coefficient (Wildman–Crippen LogP) is 7.91. The fourth-order valence-electron chi connectivity index (χ4n) is 4.06. The molecular formula is C29H25ClF6N2Se. The Bertz CT molecular complexity index is 1430. The fraction of sp³-hybridized carbons (Fsp3) is 0.207. The molecule has 0 aromatic heterocycles. The van der Waals surface area contributed by atoms with Crippen LogP contribution in [-0.2, 0) is 12.4 Å². The van der Waals surface area contributed by atoms with Gasteiger partial charge in [-0.1, -0.05) is 0 Å². The molecule has 3 aromatic carbocycles. The van der Waals surface area contributed by atoms with Gasteiger partial charge in [0.15, 0.2) is 0 Å². The van der Waals surface area contributed by atoms with E-state index >= 15 is 0 Å². The standard InChI is InChI=1S/C29H25ClF6N2Se/c1-37(2)24-9-5-18(6-10-24)26-15-21(16-27(39(26)30)19-7-11-25(12-8-19)38(3)4)20-13-22(28(31,32)33)17-23(14-20)29(34,35)36/h5-17H,1-4H3. The van der Waals surface area contributed by atoms with Crippen molar-refractivity contribution in [3.63, 3.8) is 0 Å². The van der Waals surface area contributed by atoms with Crippen LogP contribution in [0.5, 0.6) is 0 Å². The summed E-state index contributed by atoms with van der Waals surface area (Å²) in [6.45, 7) is 0. The molecule has 1 heterocycles. The van der Waals surface area contributed by atoms with Crippen molar-refractivity contribution in [1.82, 2.24) is 0 Å². The maximum atomic E-state index is 13.6. The molecule has 2 nitrogen and oxygen atoms in total. The molecular weight excluding hydrogens is 605 g/mol. The second-order valence-corrected chi connectivity index (χ2v) is 13.9. The van der Waals surface area contributed by atoms with Gasteiger partial charge in [-0.2, -0.15) is 0 Å². The first-order valence-electron chi connectivity index (χ1n) is 11.7. The van der Waals surface area contributed by atoms with Gasteiger partial charge in [-0.15, -0.1) is 0 Å². The molecule has 0 bridgehead atoms. The second-order valence-electron chi connectivity index (χ2n) is 9.41. The van der Waals surface area contributed by atoms with Gasteiger partial charge in [0.05, 0.1) is 0 Å². The Balaban J connectivity index is 1.95. The van der Waals surface area contributed by atoms with Gasteiger partial charge in [-0.05, 0) is 0 Å². The minimum atomic E-state index is -4.95. The summed E-state index contributed by atoms with van der Waals surface area (Å²) < 4.78 is 83.1. The number of hydrogen-bond donors (Lipinski definition) is 0. The van der Waals surface area contributed by atoms with Crippen LogP contribution in [0.3, 0.4) is 0 Å². The first-order valence-corrected chi connectivity index (χ1v) is 15.7. The first-order chi connectivity index (χ1) is 18.1. The van der Waals surface area contributed by atoms with Gasteiger partial charge >= 0.3 is 232 Å². The summed E-state index contributed by atoms with van der Waals surface area (Å²) in [6, 6.07) is 16.7. The van der Waals surface area contributed by atoms with Crippen molar-refractivity contribution in [3.05, 3.63) is 107 Å². The Hall–Kier alpha value is -3.00. The normalized spacial score (nSPS) is 16.1. The van der Waals surface area contributed by atoms with Crippen molar-refractivity contribution in [2.75, 3.05) is 38.0 Å². The Kier molecular flexibility index (Phi) is 8.08. The van der Waals surface area contributed by atoms with E-state index < -0.39 is 36.0 Å². The van der Waals surface area contributed by atoms with Crippen LogP contribution in [0, 0.1) is 0 Å². The third kappa shape index (κ3) is 6.43. The monoisotopic (exact) mass is 630 g/mol. The molecule has 0 aliphatic carbocycles. The van der Waals surface area contributed by atoms with Crippen LogP contribution >= 0.6 is 10.1 Å². The van der Waals surface area contributed by atoms with E-state index in [1.807, 2.05) is 86.5 Å². The zero-order valence-electron chi connectivity index (χ0n) is 21.5. The molecule has 3 aromatic rings. The molecule has 0 fully saturated rings. The second kappa shape index (κ2) is 10.9. The van der Waals surface area contributed by atoms with Gasteiger partial charge in [0.25, 0.3) is 0 Å². The quantitative estimate of drug-likeness (QED) is 0.209. The summed E-state index contributed by atoms with van der Waals surface area (Å²) in [7, 11) is 14.6. The topological polar surface area (TPSA) is 6.48 Å². The molecule has 0 amide bonds. The Morgan fingerprint density at radius 1 is 0.590 bits per heavy atom.